The Labute approximate surface area is 214 Å². The standard InChI is InChI=1S/C27H29N5OS2/c1-2-30-14-16-31(17-15-30)26(33)23-12-7-6-11-22(23)20-35-27-29-28-25(24-13-8-18-34-24)32(27)19-21-9-4-3-5-10-21/h3-13,18H,2,14-17,19-20H2,1H3. The zero-order valence-electron chi connectivity index (χ0n) is 19.8. The van der Waals surface area contributed by atoms with E-state index in [0.29, 0.717) is 12.3 Å². The third-order valence-electron chi connectivity index (χ3n) is 6.35. The lowest BCUT2D eigenvalue weighted by molar-refractivity contribution is 0.0642. The predicted molar refractivity (Wildman–Crippen MR) is 143 cm³/mol. The zero-order chi connectivity index (χ0) is 24.0. The van der Waals surface area contributed by atoms with Gasteiger partial charge in [0.1, 0.15) is 0 Å². The number of thiophene rings is 1. The summed E-state index contributed by atoms with van der Waals surface area (Å²) < 4.78 is 2.18. The highest BCUT2D eigenvalue weighted by molar-refractivity contribution is 7.98. The molecule has 1 aliphatic rings. The highest BCUT2D eigenvalue weighted by Gasteiger charge is 2.23. The van der Waals surface area contributed by atoms with Crippen LogP contribution in [0.15, 0.2) is 77.3 Å². The fraction of sp³-hybridized carbons (Fsp3) is 0.296. The Hall–Kier alpha value is -2.94. The van der Waals surface area contributed by atoms with Crippen LogP contribution >= 0.6 is 23.1 Å². The van der Waals surface area contributed by atoms with Gasteiger partial charge in [-0.1, -0.05) is 73.3 Å². The fourth-order valence-corrected chi connectivity index (χ4v) is 5.99. The first kappa shape index (κ1) is 23.8. The molecule has 0 spiro atoms. The lowest BCUT2D eigenvalue weighted by Crippen LogP contribution is -2.48. The Kier molecular flexibility index (Phi) is 7.61. The Morgan fingerprint density at radius 1 is 0.943 bits per heavy atom. The molecule has 1 fully saturated rings. The van der Waals surface area contributed by atoms with E-state index in [4.69, 9.17) is 0 Å². The molecule has 2 aromatic carbocycles. The maximum atomic E-state index is 13.4. The van der Waals surface area contributed by atoms with Crippen LogP contribution in [0.5, 0.6) is 0 Å². The molecular weight excluding hydrogens is 474 g/mol. The van der Waals surface area contributed by atoms with Crippen molar-refractivity contribution in [3.63, 3.8) is 0 Å². The molecular formula is C27H29N5OS2. The number of aromatic nitrogens is 3. The maximum Gasteiger partial charge on any atom is 0.254 e. The molecule has 0 bridgehead atoms. The summed E-state index contributed by atoms with van der Waals surface area (Å²) in [6, 6.07) is 22.5. The molecule has 2 aromatic heterocycles. The summed E-state index contributed by atoms with van der Waals surface area (Å²) in [5, 5.41) is 12.0. The van der Waals surface area contributed by atoms with Crippen LogP contribution in [0.2, 0.25) is 0 Å². The molecule has 3 heterocycles. The normalized spacial score (nSPS) is 14.4. The molecule has 1 saturated heterocycles. The second-order valence-electron chi connectivity index (χ2n) is 8.53. The van der Waals surface area contributed by atoms with Gasteiger partial charge < -0.3 is 9.80 Å². The maximum absolute atomic E-state index is 13.4. The summed E-state index contributed by atoms with van der Waals surface area (Å²) in [7, 11) is 0. The number of thioether (sulfide) groups is 1. The lowest BCUT2D eigenvalue weighted by atomic mass is 10.1. The van der Waals surface area contributed by atoms with Gasteiger partial charge in [-0.05, 0) is 35.2 Å². The van der Waals surface area contributed by atoms with Gasteiger partial charge in [0.2, 0.25) is 0 Å². The molecule has 180 valence electrons. The molecule has 1 amide bonds. The van der Waals surface area contributed by atoms with E-state index in [1.807, 2.05) is 35.2 Å². The average Bonchev–Trinajstić information content (AvgIpc) is 3.58. The van der Waals surface area contributed by atoms with Gasteiger partial charge in [-0.25, -0.2) is 0 Å². The van der Waals surface area contributed by atoms with Crippen molar-refractivity contribution in [2.75, 3.05) is 32.7 Å². The van der Waals surface area contributed by atoms with Crippen LogP contribution in [-0.4, -0.2) is 63.2 Å². The molecule has 0 N–H and O–H groups in total. The van der Waals surface area contributed by atoms with Crippen molar-refractivity contribution in [3.05, 3.63) is 88.8 Å². The first-order valence-corrected chi connectivity index (χ1v) is 13.8. The van der Waals surface area contributed by atoms with Gasteiger partial charge in [-0.2, -0.15) is 0 Å². The summed E-state index contributed by atoms with van der Waals surface area (Å²) in [4.78, 5) is 18.8. The van der Waals surface area contributed by atoms with E-state index in [2.05, 4.69) is 68.4 Å². The zero-order valence-corrected chi connectivity index (χ0v) is 21.5. The Bertz CT molecular complexity index is 1250. The molecule has 8 heteroatoms. The van der Waals surface area contributed by atoms with Crippen LogP contribution in [0.25, 0.3) is 10.7 Å². The number of hydrogen-bond acceptors (Lipinski definition) is 6. The lowest BCUT2D eigenvalue weighted by Gasteiger charge is -2.34. The smallest absolute Gasteiger partial charge is 0.254 e. The molecule has 0 aliphatic carbocycles. The number of likely N-dealkylation sites (N-methyl/N-ethyl adjacent to an activating group) is 1. The van der Waals surface area contributed by atoms with Crippen LogP contribution in [-0.2, 0) is 12.3 Å². The van der Waals surface area contributed by atoms with Crippen molar-refractivity contribution in [2.45, 2.75) is 24.4 Å². The van der Waals surface area contributed by atoms with Crippen LogP contribution in [0.4, 0.5) is 0 Å². The molecule has 5 rings (SSSR count). The van der Waals surface area contributed by atoms with Crippen molar-refractivity contribution in [3.8, 4) is 10.7 Å². The minimum atomic E-state index is 0.127. The fourth-order valence-electron chi connectivity index (χ4n) is 4.33. The topological polar surface area (TPSA) is 54.3 Å². The monoisotopic (exact) mass is 503 g/mol. The summed E-state index contributed by atoms with van der Waals surface area (Å²) in [6.45, 7) is 7.34. The van der Waals surface area contributed by atoms with Crippen LogP contribution < -0.4 is 0 Å². The van der Waals surface area contributed by atoms with Gasteiger partial charge in [-0.3, -0.25) is 9.36 Å². The molecule has 0 atom stereocenters. The first-order chi connectivity index (χ1) is 17.2. The number of carbonyl (C=O) groups is 1. The van der Waals surface area contributed by atoms with Gasteiger partial charge in [-0.15, -0.1) is 21.5 Å². The number of amides is 1. The number of hydrogen-bond donors (Lipinski definition) is 0. The number of piperazine rings is 1. The summed E-state index contributed by atoms with van der Waals surface area (Å²) in [5.74, 6) is 1.67. The molecule has 4 aromatic rings. The van der Waals surface area contributed by atoms with E-state index in [-0.39, 0.29) is 5.91 Å². The Morgan fingerprint density at radius 3 is 2.46 bits per heavy atom. The Balaban J connectivity index is 1.36. The second kappa shape index (κ2) is 11.2. The van der Waals surface area contributed by atoms with Gasteiger partial charge in [0.25, 0.3) is 5.91 Å². The molecule has 0 saturated carbocycles. The number of rotatable bonds is 8. The van der Waals surface area contributed by atoms with E-state index in [0.717, 1.165) is 59.7 Å². The highest BCUT2D eigenvalue weighted by atomic mass is 32.2. The summed E-state index contributed by atoms with van der Waals surface area (Å²) >= 11 is 3.30. The minimum absolute atomic E-state index is 0.127. The second-order valence-corrected chi connectivity index (χ2v) is 10.4. The summed E-state index contributed by atoms with van der Waals surface area (Å²) in [6.07, 6.45) is 0. The van der Waals surface area contributed by atoms with E-state index >= 15 is 0 Å². The molecule has 6 nitrogen and oxygen atoms in total. The van der Waals surface area contributed by atoms with E-state index in [1.54, 1.807) is 23.1 Å². The van der Waals surface area contributed by atoms with Crippen LogP contribution in [0.1, 0.15) is 28.4 Å². The predicted octanol–water partition coefficient (Wildman–Crippen LogP) is 5.12. The van der Waals surface area contributed by atoms with Crippen molar-refractivity contribution in [1.82, 2.24) is 24.6 Å². The van der Waals surface area contributed by atoms with Gasteiger partial charge in [0, 0.05) is 37.5 Å². The SMILES string of the molecule is CCN1CCN(C(=O)c2ccccc2CSc2nnc(-c3cccs3)n2Cc2ccccc2)CC1. The number of carbonyl (C=O) groups excluding carboxylic acids is 1. The quantitative estimate of drug-likeness (QED) is 0.312. The number of benzene rings is 2. The Morgan fingerprint density at radius 2 is 1.71 bits per heavy atom. The largest absolute Gasteiger partial charge is 0.336 e. The molecule has 0 radical (unpaired) electrons. The van der Waals surface area contributed by atoms with Crippen molar-refractivity contribution in [1.29, 1.82) is 0 Å². The molecule has 0 unspecified atom stereocenters. The van der Waals surface area contributed by atoms with Gasteiger partial charge >= 0.3 is 0 Å². The highest BCUT2D eigenvalue weighted by Crippen LogP contribution is 2.30. The summed E-state index contributed by atoms with van der Waals surface area (Å²) in [5.41, 5.74) is 3.03. The average molecular weight is 504 g/mol. The van der Waals surface area contributed by atoms with Gasteiger partial charge in [0.05, 0.1) is 11.4 Å². The third kappa shape index (κ3) is 5.50. The van der Waals surface area contributed by atoms with Gasteiger partial charge in [0.15, 0.2) is 11.0 Å². The van der Waals surface area contributed by atoms with Crippen LogP contribution in [0, 0.1) is 0 Å². The number of nitrogens with zero attached hydrogens (tertiary/aromatic N) is 5. The molecule has 35 heavy (non-hydrogen) atoms. The van der Waals surface area contributed by atoms with E-state index < -0.39 is 0 Å². The van der Waals surface area contributed by atoms with Crippen molar-refractivity contribution in [2.24, 2.45) is 0 Å². The molecule has 1 aliphatic heterocycles. The van der Waals surface area contributed by atoms with E-state index in [1.165, 1.54) is 5.56 Å². The van der Waals surface area contributed by atoms with Crippen molar-refractivity contribution < 1.29 is 4.79 Å². The van der Waals surface area contributed by atoms with Crippen LogP contribution in [0.3, 0.4) is 0 Å². The first-order valence-electron chi connectivity index (χ1n) is 12.0. The van der Waals surface area contributed by atoms with E-state index in [9.17, 15) is 4.79 Å². The minimum Gasteiger partial charge on any atom is -0.336 e. The van der Waals surface area contributed by atoms with Crippen molar-refractivity contribution >= 4 is 29.0 Å². The third-order valence-corrected chi connectivity index (χ3v) is 8.23.